The number of nitrogens with two attached hydrogens (primary N) is 1. The van der Waals surface area contributed by atoms with Gasteiger partial charge in [0.25, 0.3) is 5.91 Å². The quantitative estimate of drug-likeness (QED) is 0.733. The average Bonchev–Trinajstić information content (AvgIpc) is 3.16. The van der Waals surface area contributed by atoms with E-state index in [1.165, 1.54) is 11.3 Å². The Morgan fingerprint density at radius 3 is 2.74 bits per heavy atom. The number of rotatable bonds is 4. The van der Waals surface area contributed by atoms with Crippen molar-refractivity contribution in [2.75, 3.05) is 33.5 Å². The van der Waals surface area contributed by atoms with Gasteiger partial charge in [-0.25, -0.2) is 4.98 Å². The summed E-state index contributed by atoms with van der Waals surface area (Å²) in [6, 6.07) is 3.93. The molecule has 1 aliphatic heterocycles. The van der Waals surface area contributed by atoms with E-state index in [9.17, 15) is 4.79 Å². The van der Waals surface area contributed by atoms with Crippen LogP contribution in [0.25, 0.3) is 20.9 Å². The van der Waals surface area contributed by atoms with Gasteiger partial charge in [0.1, 0.15) is 22.0 Å². The van der Waals surface area contributed by atoms with Crippen LogP contribution >= 0.6 is 11.3 Å². The fourth-order valence-electron chi connectivity index (χ4n) is 3.21. The topological polar surface area (TPSA) is 101 Å². The molecule has 0 bridgehead atoms. The molecular formula is C18H20N4O4S. The first-order valence-corrected chi connectivity index (χ1v) is 9.37. The highest BCUT2D eigenvalue weighted by molar-refractivity contribution is 7.22. The van der Waals surface area contributed by atoms with Gasteiger partial charge in [0.15, 0.2) is 0 Å². The number of hydrogen-bond donors (Lipinski definition) is 1. The molecule has 142 valence electrons. The van der Waals surface area contributed by atoms with Crippen LogP contribution < -0.4 is 10.5 Å². The first-order valence-electron chi connectivity index (χ1n) is 8.55. The van der Waals surface area contributed by atoms with Crippen molar-refractivity contribution in [1.82, 2.24) is 14.8 Å². The minimum absolute atomic E-state index is 0.105. The molecule has 8 nitrogen and oxygen atoms in total. The number of benzene rings is 1. The van der Waals surface area contributed by atoms with Crippen molar-refractivity contribution in [3.63, 3.8) is 0 Å². The van der Waals surface area contributed by atoms with Crippen LogP contribution in [0.4, 0.5) is 0 Å². The summed E-state index contributed by atoms with van der Waals surface area (Å²) >= 11 is 1.47. The first-order chi connectivity index (χ1) is 13.1. The zero-order valence-corrected chi connectivity index (χ0v) is 15.9. The Morgan fingerprint density at radius 1 is 1.33 bits per heavy atom. The molecule has 1 aliphatic rings. The number of carbonyl (C=O) groups excluding carboxylic acids is 1. The number of aryl methyl sites for hydroxylation is 1. The summed E-state index contributed by atoms with van der Waals surface area (Å²) in [6.45, 7) is 2.37. The van der Waals surface area contributed by atoms with Gasteiger partial charge in [0.2, 0.25) is 0 Å². The Kier molecular flexibility index (Phi) is 4.81. The van der Waals surface area contributed by atoms with E-state index in [1.54, 1.807) is 25.0 Å². The number of carbonyl (C=O) groups is 1. The molecule has 9 heteroatoms. The lowest BCUT2D eigenvalue weighted by molar-refractivity contribution is 0.100. The maximum absolute atomic E-state index is 11.8. The summed E-state index contributed by atoms with van der Waals surface area (Å²) in [5.74, 6) is 0.243. The number of amides is 1. The number of nitrogens with zero attached hydrogens (tertiary/aromatic N) is 3. The van der Waals surface area contributed by atoms with Crippen LogP contribution in [0.15, 0.2) is 18.3 Å². The third-order valence-electron chi connectivity index (χ3n) is 4.50. The molecule has 1 amide bonds. The normalized spacial score (nSPS) is 15.8. The van der Waals surface area contributed by atoms with Gasteiger partial charge in [-0.15, -0.1) is 11.3 Å². The summed E-state index contributed by atoms with van der Waals surface area (Å²) in [6.07, 6.45) is 1.61. The van der Waals surface area contributed by atoms with Gasteiger partial charge in [0.05, 0.1) is 43.8 Å². The van der Waals surface area contributed by atoms with Gasteiger partial charge in [-0.2, -0.15) is 5.10 Å². The van der Waals surface area contributed by atoms with Gasteiger partial charge in [-0.3, -0.25) is 9.48 Å². The average molecular weight is 388 g/mol. The second kappa shape index (κ2) is 7.26. The summed E-state index contributed by atoms with van der Waals surface area (Å²) in [5.41, 5.74) is 8.16. The molecular weight excluding hydrogens is 368 g/mol. The van der Waals surface area contributed by atoms with Crippen LogP contribution in [0.3, 0.4) is 0 Å². The van der Waals surface area contributed by atoms with Crippen LogP contribution in [0.1, 0.15) is 21.8 Å². The lowest BCUT2D eigenvalue weighted by atomic mass is 10.00. The Morgan fingerprint density at radius 2 is 2.07 bits per heavy atom. The van der Waals surface area contributed by atoms with E-state index in [4.69, 9.17) is 24.9 Å². The van der Waals surface area contributed by atoms with Crippen molar-refractivity contribution < 1.29 is 19.0 Å². The molecule has 1 aromatic carbocycles. The molecule has 0 saturated carbocycles. The van der Waals surface area contributed by atoms with Gasteiger partial charge in [0, 0.05) is 19.2 Å². The number of aromatic nitrogens is 3. The minimum Gasteiger partial charge on any atom is -0.494 e. The largest absolute Gasteiger partial charge is 0.494 e. The number of primary amides is 1. The number of methoxy groups -OCH3 is 1. The second-order valence-corrected chi connectivity index (χ2v) is 7.33. The minimum atomic E-state index is -0.532. The Labute approximate surface area is 159 Å². The maximum Gasteiger partial charge on any atom is 0.252 e. The highest BCUT2D eigenvalue weighted by Crippen LogP contribution is 2.40. The van der Waals surface area contributed by atoms with E-state index in [0.29, 0.717) is 48.4 Å². The molecule has 3 aromatic rings. The van der Waals surface area contributed by atoms with Crippen LogP contribution in [0.2, 0.25) is 0 Å². The molecule has 0 unspecified atom stereocenters. The third-order valence-corrected chi connectivity index (χ3v) is 5.61. The van der Waals surface area contributed by atoms with Gasteiger partial charge >= 0.3 is 0 Å². The van der Waals surface area contributed by atoms with E-state index >= 15 is 0 Å². The van der Waals surface area contributed by atoms with Crippen molar-refractivity contribution in [2.24, 2.45) is 12.8 Å². The van der Waals surface area contributed by atoms with Crippen LogP contribution in [0, 0.1) is 0 Å². The van der Waals surface area contributed by atoms with Crippen LogP contribution in [-0.4, -0.2) is 54.2 Å². The zero-order valence-electron chi connectivity index (χ0n) is 15.1. The summed E-state index contributed by atoms with van der Waals surface area (Å²) in [4.78, 5) is 16.5. The van der Waals surface area contributed by atoms with Gasteiger partial charge in [-0.05, 0) is 11.6 Å². The lowest BCUT2D eigenvalue weighted by Gasteiger charge is -2.15. The van der Waals surface area contributed by atoms with Crippen LogP contribution in [0.5, 0.6) is 5.75 Å². The Balaban J connectivity index is 1.87. The summed E-state index contributed by atoms with van der Waals surface area (Å²) in [5, 5.41) is 5.01. The lowest BCUT2D eigenvalue weighted by Crippen LogP contribution is -2.11. The predicted octanol–water partition coefficient (Wildman–Crippen LogP) is 1.93. The molecule has 0 aliphatic carbocycles. The third kappa shape index (κ3) is 3.29. The molecule has 0 atom stereocenters. The smallest absolute Gasteiger partial charge is 0.252 e. The van der Waals surface area contributed by atoms with E-state index < -0.39 is 5.91 Å². The molecule has 2 aromatic heterocycles. The van der Waals surface area contributed by atoms with E-state index in [-0.39, 0.29) is 5.92 Å². The molecule has 0 spiro atoms. The van der Waals surface area contributed by atoms with Gasteiger partial charge in [-0.1, -0.05) is 6.07 Å². The Bertz CT molecular complexity index is 989. The number of ether oxygens (including phenoxy) is 3. The number of thiazole rings is 1. The number of hydrogen-bond acceptors (Lipinski definition) is 7. The van der Waals surface area contributed by atoms with E-state index in [0.717, 1.165) is 15.8 Å². The Hall–Kier alpha value is -2.49. The van der Waals surface area contributed by atoms with Gasteiger partial charge < -0.3 is 19.9 Å². The van der Waals surface area contributed by atoms with Crippen molar-refractivity contribution in [2.45, 2.75) is 5.92 Å². The van der Waals surface area contributed by atoms with Crippen molar-refractivity contribution >= 4 is 27.5 Å². The van der Waals surface area contributed by atoms with Crippen molar-refractivity contribution in [1.29, 1.82) is 0 Å². The first kappa shape index (κ1) is 17.9. The molecule has 4 rings (SSSR count). The molecule has 2 N–H and O–H groups in total. The maximum atomic E-state index is 11.8. The fraction of sp³-hybridized carbons (Fsp3) is 0.389. The van der Waals surface area contributed by atoms with E-state index in [1.807, 2.05) is 12.1 Å². The molecule has 1 saturated heterocycles. The monoisotopic (exact) mass is 388 g/mol. The number of fused-ring (bicyclic) bond motifs is 1. The molecule has 27 heavy (non-hydrogen) atoms. The highest BCUT2D eigenvalue weighted by Gasteiger charge is 2.24. The van der Waals surface area contributed by atoms with Crippen molar-refractivity contribution in [3.05, 3.63) is 29.5 Å². The fourth-order valence-corrected chi connectivity index (χ4v) is 4.39. The van der Waals surface area contributed by atoms with Crippen molar-refractivity contribution in [3.8, 4) is 16.5 Å². The van der Waals surface area contributed by atoms with E-state index in [2.05, 4.69) is 5.10 Å². The predicted molar refractivity (Wildman–Crippen MR) is 101 cm³/mol. The molecule has 1 fully saturated rings. The summed E-state index contributed by atoms with van der Waals surface area (Å²) in [7, 11) is 3.36. The summed E-state index contributed by atoms with van der Waals surface area (Å²) < 4.78 is 19.4. The second-order valence-electron chi connectivity index (χ2n) is 6.33. The highest BCUT2D eigenvalue weighted by atomic mass is 32.1. The molecule has 0 radical (unpaired) electrons. The SMILES string of the molecule is COc1ccc(C2COCCOC2)c2sc(-c3nn(C)cc3C(N)=O)nc12. The van der Waals surface area contributed by atoms with Crippen LogP contribution in [-0.2, 0) is 16.5 Å². The standard InChI is InChI=1S/C18H20N4O4S/c1-22-7-12(17(19)23)14(21-22)18-20-15-13(24-2)4-3-11(16(15)27-18)10-8-25-5-6-26-9-10/h3-4,7,10H,5-6,8-9H2,1-2H3,(H2,19,23). The zero-order chi connectivity index (χ0) is 19.0. The molecule has 3 heterocycles.